The van der Waals surface area contributed by atoms with E-state index in [1.165, 1.54) is 0 Å². The van der Waals surface area contributed by atoms with Crippen LogP contribution in [0.5, 0.6) is 5.75 Å². The van der Waals surface area contributed by atoms with Gasteiger partial charge in [-0.05, 0) is 37.1 Å². The number of benzene rings is 1. The van der Waals surface area contributed by atoms with E-state index in [4.69, 9.17) is 10.5 Å². The third kappa shape index (κ3) is 4.21. The molecule has 0 heterocycles. The molecule has 3 heteroatoms. The van der Waals surface area contributed by atoms with Crippen LogP contribution in [0.25, 0.3) is 0 Å². The summed E-state index contributed by atoms with van der Waals surface area (Å²) < 4.78 is 5.57. The van der Waals surface area contributed by atoms with Gasteiger partial charge in [0, 0.05) is 0 Å². The molecule has 0 fully saturated rings. The van der Waals surface area contributed by atoms with Gasteiger partial charge in [0.15, 0.2) is 0 Å². The fraction of sp³-hybridized carbons (Fsp3) is 0.538. The first kappa shape index (κ1) is 13.0. The number of aliphatic hydroxyl groups is 1. The predicted octanol–water partition coefficient (Wildman–Crippen LogP) is 2.25. The fourth-order valence-electron chi connectivity index (χ4n) is 1.47. The molecule has 0 spiro atoms. The summed E-state index contributed by atoms with van der Waals surface area (Å²) in [6.07, 6.45) is 2.27. The molecule has 90 valence electrons. The van der Waals surface area contributed by atoms with Gasteiger partial charge in [0.1, 0.15) is 5.75 Å². The summed E-state index contributed by atoms with van der Waals surface area (Å²) in [7, 11) is 0. The molecule has 1 aromatic rings. The van der Waals surface area contributed by atoms with Gasteiger partial charge in [-0.1, -0.05) is 25.5 Å². The lowest BCUT2D eigenvalue weighted by molar-refractivity contribution is 0.169. The quantitative estimate of drug-likeness (QED) is 0.697. The van der Waals surface area contributed by atoms with Crippen molar-refractivity contribution in [1.82, 2.24) is 0 Å². The van der Waals surface area contributed by atoms with E-state index in [0.717, 1.165) is 30.8 Å². The second-order valence-electron chi connectivity index (χ2n) is 3.87. The van der Waals surface area contributed by atoms with Crippen molar-refractivity contribution in [2.24, 2.45) is 5.73 Å². The van der Waals surface area contributed by atoms with E-state index in [9.17, 15) is 5.11 Å². The predicted molar refractivity (Wildman–Crippen MR) is 65.5 cm³/mol. The van der Waals surface area contributed by atoms with Crippen molar-refractivity contribution in [3.05, 3.63) is 29.8 Å². The maximum Gasteiger partial charge on any atom is 0.119 e. The molecule has 0 saturated carbocycles. The summed E-state index contributed by atoms with van der Waals surface area (Å²) in [6, 6.07) is 7.59. The molecule has 0 aliphatic carbocycles. The highest BCUT2D eigenvalue weighted by Crippen LogP contribution is 2.21. The minimum atomic E-state index is -0.486. The Morgan fingerprint density at radius 1 is 1.44 bits per heavy atom. The molecule has 1 rings (SSSR count). The normalized spacial score (nSPS) is 12.4. The molecule has 1 aromatic carbocycles. The Balaban J connectivity index is 2.56. The second-order valence-corrected chi connectivity index (χ2v) is 3.87. The molecular formula is C13H21NO2. The zero-order chi connectivity index (χ0) is 11.8. The van der Waals surface area contributed by atoms with Crippen LogP contribution in [-0.4, -0.2) is 18.3 Å². The van der Waals surface area contributed by atoms with E-state index in [2.05, 4.69) is 6.92 Å². The summed E-state index contributed by atoms with van der Waals surface area (Å²) in [5.74, 6) is 0.821. The van der Waals surface area contributed by atoms with Crippen LogP contribution in [0.1, 0.15) is 37.9 Å². The van der Waals surface area contributed by atoms with Gasteiger partial charge in [-0.3, -0.25) is 0 Å². The van der Waals surface area contributed by atoms with Gasteiger partial charge in [-0.25, -0.2) is 0 Å². The highest BCUT2D eigenvalue weighted by atomic mass is 16.5. The minimum absolute atomic E-state index is 0.486. The molecule has 0 aliphatic heterocycles. The van der Waals surface area contributed by atoms with Gasteiger partial charge < -0.3 is 15.6 Å². The van der Waals surface area contributed by atoms with Gasteiger partial charge in [0.25, 0.3) is 0 Å². The third-order valence-electron chi connectivity index (χ3n) is 2.45. The van der Waals surface area contributed by atoms with Crippen molar-refractivity contribution in [1.29, 1.82) is 0 Å². The van der Waals surface area contributed by atoms with Crippen LogP contribution in [-0.2, 0) is 0 Å². The molecule has 0 aliphatic rings. The van der Waals surface area contributed by atoms with Crippen LogP contribution in [0.15, 0.2) is 24.3 Å². The highest BCUT2D eigenvalue weighted by Gasteiger charge is 2.06. The van der Waals surface area contributed by atoms with Crippen LogP contribution in [0.3, 0.4) is 0 Å². The maximum absolute atomic E-state index is 9.78. The Labute approximate surface area is 97.2 Å². The average molecular weight is 223 g/mol. The van der Waals surface area contributed by atoms with Gasteiger partial charge >= 0.3 is 0 Å². The first-order valence-electron chi connectivity index (χ1n) is 5.88. The van der Waals surface area contributed by atoms with Crippen LogP contribution in [0.2, 0.25) is 0 Å². The average Bonchev–Trinajstić information content (AvgIpc) is 2.30. The first-order chi connectivity index (χ1) is 7.77. The SMILES string of the molecule is CCCCOc1cccc([C@H](O)CCN)c1. The smallest absolute Gasteiger partial charge is 0.119 e. The third-order valence-corrected chi connectivity index (χ3v) is 2.45. The topological polar surface area (TPSA) is 55.5 Å². The van der Waals surface area contributed by atoms with Gasteiger partial charge in [0.05, 0.1) is 12.7 Å². The molecular weight excluding hydrogens is 202 g/mol. The summed E-state index contributed by atoms with van der Waals surface area (Å²) in [6.45, 7) is 3.35. The standard InChI is InChI=1S/C13H21NO2/c1-2-3-9-16-12-6-4-5-11(10-12)13(15)7-8-14/h4-6,10,13,15H,2-3,7-9,14H2,1H3/t13-/m1/s1. The molecule has 3 nitrogen and oxygen atoms in total. The monoisotopic (exact) mass is 223 g/mol. The van der Waals surface area contributed by atoms with Crippen LogP contribution >= 0.6 is 0 Å². The number of rotatable bonds is 7. The molecule has 0 aromatic heterocycles. The van der Waals surface area contributed by atoms with E-state index in [1.54, 1.807) is 0 Å². The highest BCUT2D eigenvalue weighted by molar-refractivity contribution is 5.29. The molecule has 0 radical (unpaired) electrons. The summed E-state index contributed by atoms with van der Waals surface area (Å²) in [4.78, 5) is 0. The molecule has 16 heavy (non-hydrogen) atoms. The van der Waals surface area contributed by atoms with E-state index in [1.807, 2.05) is 24.3 Å². The number of hydrogen-bond acceptors (Lipinski definition) is 3. The van der Waals surface area contributed by atoms with E-state index < -0.39 is 6.10 Å². The Hall–Kier alpha value is -1.06. The number of nitrogens with two attached hydrogens (primary N) is 1. The lowest BCUT2D eigenvalue weighted by atomic mass is 10.1. The first-order valence-corrected chi connectivity index (χ1v) is 5.88. The maximum atomic E-state index is 9.78. The molecule has 0 unspecified atom stereocenters. The Morgan fingerprint density at radius 2 is 2.25 bits per heavy atom. The number of unbranched alkanes of at least 4 members (excludes halogenated alkanes) is 1. The largest absolute Gasteiger partial charge is 0.494 e. The van der Waals surface area contributed by atoms with E-state index in [-0.39, 0.29) is 0 Å². The minimum Gasteiger partial charge on any atom is -0.494 e. The Morgan fingerprint density at radius 3 is 2.94 bits per heavy atom. The van der Waals surface area contributed by atoms with Crippen molar-refractivity contribution in [2.75, 3.05) is 13.2 Å². The van der Waals surface area contributed by atoms with Crippen LogP contribution in [0.4, 0.5) is 0 Å². The van der Waals surface area contributed by atoms with Gasteiger partial charge in [0.2, 0.25) is 0 Å². The fourth-order valence-corrected chi connectivity index (χ4v) is 1.47. The van der Waals surface area contributed by atoms with Crippen molar-refractivity contribution in [2.45, 2.75) is 32.3 Å². The van der Waals surface area contributed by atoms with Crippen LogP contribution < -0.4 is 10.5 Å². The number of ether oxygens (including phenoxy) is 1. The number of hydrogen-bond donors (Lipinski definition) is 2. The summed E-state index contributed by atoms with van der Waals surface area (Å²) in [5, 5.41) is 9.78. The van der Waals surface area contributed by atoms with E-state index in [0.29, 0.717) is 13.0 Å². The molecule has 0 saturated heterocycles. The molecule has 3 N–H and O–H groups in total. The van der Waals surface area contributed by atoms with Crippen molar-refractivity contribution >= 4 is 0 Å². The summed E-state index contributed by atoms with van der Waals surface area (Å²) >= 11 is 0. The zero-order valence-electron chi connectivity index (χ0n) is 9.86. The Kier molecular flexibility index (Phi) is 5.90. The zero-order valence-corrected chi connectivity index (χ0v) is 9.86. The van der Waals surface area contributed by atoms with Crippen molar-refractivity contribution in [3.8, 4) is 5.75 Å². The number of aliphatic hydroxyl groups excluding tert-OH is 1. The molecule has 0 bridgehead atoms. The summed E-state index contributed by atoms with van der Waals surface area (Å²) in [5.41, 5.74) is 6.29. The van der Waals surface area contributed by atoms with Gasteiger partial charge in [-0.2, -0.15) is 0 Å². The lowest BCUT2D eigenvalue weighted by Crippen LogP contribution is -2.07. The lowest BCUT2D eigenvalue weighted by Gasteiger charge is -2.11. The van der Waals surface area contributed by atoms with E-state index >= 15 is 0 Å². The van der Waals surface area contributed by atoms with Crippen LogP contribution in [0, 0.1) is 0 Å². The molecule has 1 atom stereocenters. The Bertz CT molecular complexity index is 302. The molecule has 0 amide bonds. The second kappa shape index (κ2) is 7.25. The van der Waals surface area contributed by atoms with Crippen molar-refractivity contribution in [3.63, 3.8) is 0 Å². The van der Waals surface area contributed by atoms with Crippen molar-refractivity contribution < 1.29 is 9.84 Å². The van der Waals surface area contributed by atoms with Gasteiger partial charge in [-0.15, -0.1) is 0 Å².